The second-order valence-electron chi connectivity index (χ2n) is 6.44. The van der Waals surface area contributed by atoms with Crippen LogP contribution in [-0.4, -0.2) is 68.5 Å². The van der Waals surface area contributed by atoms with E-state index in [0.717, 1.165) is 0 Å². The quantitative estimate of drug-likeness (QED) is 0.152. The maximum atomic E-state index is 13.7. The van der Waals surface area contributed by atoms with Crippen molar-refractivity contribution in [1.82, 2.24) is 0 Å². The molecule has 1 fully saturated rings. The fourth-order valence-electron chi connectivity index (χ4n) is 2.30. The highest BCUT2D eigenvalue weighted by Crippen LogP contribution is 2.37. The lowest BCUT2D eigenvalue weighted by Crippen LogP contribution is -2.54. The van der Waals surface area contributed by atoms with Gasteiger partial charge in [0.15, 0.2) is 0 Å². The Morgan fingerprint density at radius 1 is 0.839 bits per heavy atom. The van der Waals surface area contributed by atoms with Gasteiger partial charge in [-0.15, -0.1) is 0 Å². The van der Waals surface area contributed by atoms with Gasteiger partial charge in [0.1, 0.15) is 25.9 Å². The van der Waals surface area contributed by atoms with Crippen LogP contribution >= 0.6 is 0 Å². The molecule has 14 heteroatoms. The lowest BCUT2D eigenvalue weighted by molar-refractivity contribution is -0.240. The van der Waals surface area contributed by atoms with Gasteiger partial charge in [-0.1, -0.05) is 6.58 Å². The predicted octanol–water partition coefficient (Wildman–Crippen LogP) is 2.96. The van der Waals surface area contributed by atoms with E-state index in [2.05, 4.69) is 25.5 Å². The highest BCUT2D eigenvalue weighted by molar-refractivity contribution is 5.90. The minimum absolute atomic E-state index is 0.232. The number of alkyl halides is 7. The molecule has 0 heterocycles. The molecule has 0 unspecified atom stereocenters. The first-order chi connectivity index (χ1) is 14.2. The summed E-state index contributed by atoms with van der Waals surface area (Å²) in [6.07, 6.45) is -3.98. The zero-order valence-electron chi connectivity index (χ0n) is 15.9. The topological polar surface area (TPSA) is 88.1 Å². The van der Waals surface area contributed by atoms with Gasteiger partial charge in [0, 0.05) is 0 Å². The van der Waals surface area contributed by atoms with E-state index in [0.29, 0.717) is 12.8 Å². The van der Waals surface area contributed by atoms with Gasteiger partial charge in [0.05, 0.1) is 12.2 Å². The van der Waals surface area contributed by atoms with Gasteiger partial charge in [-0.2, -0.15) is 30.7 Å². The summed E-state index contributed by atoms with van der Waals surface area (Å²) in [5.41, 5.74) is -0.568. The molecule has 0 bridgehead atoms. The van der Waals surface area contributed by atoms with Crippen molar-refractivity contribution in [3.63, 3.8) is 0 Å². The first kappa shape index (κ1) is 26.7. The minimum atomic E-state index is -5.55. The van der Waals surface area contributed by atoms with Crippen LogP contribution in [0.2, 0.25) is 0 Å². The summed E-state index contributed by atoms with van der Waals surface area (Å²) in [7, 11) is 0. The van der Waals surface area contributed by atoms with Gasteiger partial charge in [-0.3, -0.25) is 0 Å². The van der Waals surface area contributed by atoms with Crippen LogP contribution in [0.5, 0.6) is 0 Å². The number of hydrogen-bond donors (Lipinski definition) is 0. The summed E-state index contributed by atoms with van der Waals surface area (Å²) < 4.78 is 107. The van der Waals surface area contributed by atoms with Gasteiger partial charge in [0.2, 0.25) is 0 Å². The third kappa shape index (κ3) is 7.99. The number of hydrogen-bond acceptors (Lipinski definition) is 7. The monoisotopic (exact) mass is 468 g/mol. The first-order valence-electron chi connectivity index (χ1n) is 8.82. The maximum absolute atomic E-state index is 13.7. The third-order valence-corrected chi connectivity index (χ3v) is 3.86. The largest absolute Gasteiger partial charge is 0.459 e. The molecular weight excluding hydrogens is 449 g/mol. The van der Waals surface area contributed by atoms with Gasteiger partial charge in [0.25, 0.3) is 0 Å². The Hall–Kier alpha value is -2.38. The molecule has 0 saturated heterocycles. The van der Waals surface area contributed by atoms with Crippen molar-refractivity contribution in [3.8, 4) is 0 Å². The van der Waals surface area contributed by atoms with E-state index < -0.39 is 74.0 Å². The number of rotatable bonds is 11. The molecule has 7 nitrogen and oxygen atoms in total. The maximum Gasteiger partial charge on any atom is 0.415 e. The molecule has 0 aromatic heterocycles. The summed E-state index contributed by atoms with van der Waals surface area (Å²) in [6.45, 7) is -1.46. The Kier molecular flexibility index (Phi) is 9.26. The molecule has 0 amide bonds. The number of ether oxygens (including phenoxy) is 4. The lowest BCUT2D eigenvalue weighted by atomic mass is 10.1. The molecule has 0 aromatic rings. The Balaban J connectivity index is 2.43. The van der Waals surface area contributed by atoms with E-state index in [9.17, 15) is 45.1 Å². The van der Waals surface area contributed by atoms with Gasteiger partial charge < -0.3 is 18.9 Å². The van der Waals surface area contributed by atoms with Crippen LogP contribution < -0.4 is 0 Å². The molecular formula is C17H19F7O7. The van der Waals surface area contributed by atoms with Crippen LogP contribution in [0.4, 0.5) is 30.7 Å². The Morgan fingerprint density at radius 3 is 1.90 bits per heavy atom. The summed E-state index contributed by atoms with van der Waals surface area (Å²) in [4.78, 5) is 34.1. The highest BCUT2D eigenvalue weighted by Gasteiger charge is 2.69. The standard InChI is InChI=1S/C17H19F7O7/c1-10(8-28-9-15(18,19)20)12(25)29-6-7-30-13(26)16(21,22)17(23,24)14(27)31-11-4-2-3-5-11/h11H,1-9H2. The summed E-state index contributed by atoms with van der Waals surface area (Å²) in [5.74, 6) is -17.7. The van der Waals surface area contributed by atoms with E-state index >= 15 is 0 Å². The zero-order chi connectivity index (χ0) is 23.9. The van der Waals surface area contributed by atoms with E-state index in [1.807, 2.05) is 0 Å². The third-order valence-electron chi connectivity index (χ3n) is 3.86. The van der Waals surface area contributed by atoms with Crippen LogP contribution in [0, 0.1) is 0 Å². The minimum Gasteiger partial charge on any atom is -0.459 e. The predicted molar refractivity (Wildman–Crippen MR) is 86.2 cm³/mol. The van der Waals surface area contributed by atoms with Crippen LogP contribution in [0.25, 0.3) is 0 Å². The molecule has 0 atom stereocenters. The van der Waals surface area contributed by atoms with Crippen molar-refractivity contribution in [2.24, 2.45) is 0 Å². The molecule has 0 aromatic carbocycles. The molecule has 1 saturated carbocycles. The van der Waals surface area contributed by atoms with Crippen molar-refractivity contribution in [1.29, 1.82) is 0 Å². The first-order valence-corrected chi connectivity index (χ1v) is 8.82. The molecule has 0 spiro atoms. The van der Waals surface area contributed by atoms with E-state index in [1.54, 1.807) is 0 Å². The van der Waals surface area contributed by atoms with Gasteiger partial charge in [-0.05, 0) is 25.7 Å². The summed E-state index contributed by atoms with van der Waals surface area (Å²) >= 11 is 0. The lowest BCUT2D eigenvalue weighted by Gasteiger charge is -2.24. The van der Waals surface area contributed by atoms with Crippen LogP contribution in [0.1, 0.15) is 25.7 Å². The average Bonchev–Trinajstić information content (AvgIpc) is 3.16. The molecule has 31 heavy (non-hydrogen) atoms. The van der Waals surface area contributed by atoms with Crippen LogP contribution in [0.15, 0.2) is 12.2 Å². The second-order valence-corrected chi connectivity index (χ2v) is 6.44. The smallest absolute Gasteiger partial charge is 0.415 e. The van der Waals surface area contributed by atoms with Gasteiger partial charge >= 0.3 is 35.9 Å². The molecule has 1 aliphatic carbocycles. The molecule has 0 N–H and O–H groups in total. The van der Waals surface area contributed by atoms with Crippen molar-refractivity contribution >= 4 is 17.9 Å². The summed E-state index contributed by atoms with van der Waals surface area (Å²) in [6, 6.07) is 0. The Labute approximate surface area is 171 Å². The number of halogens is 7. The normalized spacial score (nSPS) is 15.5. The number of esters is 3. The molecule has 0 radical (unpaired) electrons. The van der Waals surface area contributed by atoms with E-state index in [1.165, 1.54) is 0 Å². The summed E-state index contributed by atoms with van der Waals surface area (Å²) in [5, 5.41) is 0. The fourth-order valence-corrected chi connectivity index (χ4v) is 2.30. The molecule has 178 valence electrons. The Morgan fingerprint density at radius 2 is 1.35 bits per heavy atom. The average molecular weight is 468 g/mol. The van der Waals surface area contributed by atoms with E-state index in [4.69, 9.17) is 0 Å². The van der Waals surface area contributed by atoms with Gasteiger partial charge in [-0.25, -0.2) is 14.4 Å². The SMILES string of the molecule is C=C(COCC(F)(F)F)C(=O)OCCOC(=O)C(F)(F)C(F)(F)C(=O)OC1CCCC1. The highest BCUT2D eigenvalue weighted by atomic mass is 19.4. The van der Waals surface area contributed by atoms with Crippen molar-refractivity contribution in [3.05, 3.63) is 12.2 Å². The molecule has 1 rings (SSSR count). The van der Waals surface area contributed by atoms with Crippen molar-refractivity contribution < 1.29 is 64.1 Å². The zero-order valence-corrected chi connectivity index (χ0v) is 15.9. The van der Waals surface area contributed by atoms with Crippen molar-refractivity contribution in [2.75, 3.05) is 26.4 Å². The number of carbonyl (C=O) groups excluding carboxylic acids is 3. The fraction of sp³-hybridized carbons (Fsp3) is 0.706. The number of carbonyl (C=O) groups is 3. The van der Waals surface area contributed by atoms with Crippen LogP contribution in [0.3, 0.4) is 0 Å². The van der Waals surface area contributed by atoms with Crippen LogP contribution in [-0.2, 0) is 33.3 Å². The molecule has 0 aliphatic heterocycles. The van der Waals surface area contributed by atoms with E-state index in [-0.39, 0.29) is 12.8 Å². The molecule has 1 aliphatic rings. The van der Waals surface area contributed by atoms with Crippen molar-refractivity contribution in [2.45, 2.75) is 49.8 Å². The Bertz CT molecular complexity index is 670. The second kappa shape index (κ2) is 10.8.